The number of carbonyl (C=O) groups is 2. The third kappa shape index (κ3) is 5.17. The molecule has 1 aliphatic rings. The first-order chi connectivity index (χ1) is 11.6. The molecule has 1 aromatic rings. The average molecular weight is 332 g/mol. The van der Waals surface area contributed by atoms with E-state index in [-0.39, 0.29) is 24.7 Å². The summed E-state index contributed by atoms with van der Waals surface area (Å²) in [5.74, 6) is -0.768. The van der Waals surface area contributed by atoms with E-state index in [1.807, 2.05) is 30.3 Å². The second-order valence-electron chi connectivity index (χ2n) is 5.69. The number of alkyl carbamates (subject to hydrolysis) is 1. The maximum Gasteiger partial charge on any atom is 0.407 e. The normalized spacial score (nSPS) is 22.8. The van der Waals surface area contributed by atoms with Gasteiger partial charge in [-0.2, -0.15) is 0 Å². The van der Waals surface area contributed by atoms with Gasteiger partial charge in [0.1, 0.15) is 6.61 Å². The van der Waals surface area contributed by atoms with E-state index < -0.39 is 12.0 Å². The van der Waals surface area contributed by atoms with E-state index in [0.717, 1.165) is 5.56 Å². The highest BCUT2D eigenvalue weighted by Crippen LogP contribution is 2.28. The number of rotatable bonds is 5. The monoisotopic (exact) mass is 332 g/mol. The molecular weight excluding hydrogens is 312 g/mol. The first-order valence-corrected chi connectivity index (χ1v) is 7.71. The zero-order valence-corrected chi connectivity index (χ0v) is 13.4. The predicted octanol–water partition coefficient (Wildman–Crippen LogP) is 2.93. The molecule has 0 spiro atoms. The average Bonchev–Trinajstić information content (AvgIpc) is 2.60. The van der Waals surface area contributed by atoms with Crippen LogP contribution < -0.4 is 5.32 Å². The van der Waals surface area contributed by atoms with Crippen molar-refractivity contribution >= 4 is 12.1 Å². The second-order valence-corrected chi connectivity index (χ2v) is 5.69. The molecule has 24 heavy (non-hydrogen) atoms. The van der Waals surface area contributed by atoms with Crippen LogP contribution in [-0.4, -0.2) is 31.3 Å². The Morgan fingerprint density at radius 1 is 1.29 bits per heavy atom. The van der Waals surface area contributed by atoms with Crippen LogP contribution in [0.25, 0.3) is 10.4 Å². The predicted molar refractivity (Wildman–Crippen MR) is 85.8 cm³/mol. The first kappa shape index (κ1) is 17.6. The summed E-state index contributed by atoms with van der Waals surface area (Å²) in [7, 11) is 1.32. The second kappa shape index (κ2) is 8.79. The van der Waals surface area contributed by atoms with E-state index in [1.165, 1.54) is 7.11 Å². The molecule has 1 aromatic carbocycles. The fourth-order valence-corrected chi connectivity index (χ4v) is 2.86. The van der Waals surface area contributed by atoms with Gasteiger partial charge in [0.2, 0.25) is 0 Å². The van der Waals surface area contributed by atoms with Crippen molar-refractivity contribution in [2.24, 2.45) is 11.0 Å². The van der Waals surface area contributed by atoms with Crippen LogP contribution in [0, 0.1) is 5.92 Å². The molecule has 0 heterocycles. The van der Waals surface area contributed by atoms with Gasteiger partial charge in [0.25, 0.3) is 0 Å². The smallest absolute Gasteiger partial charge is 0.407 e. The minimum Gasteiger partial charge on any atom is -0.469 e. The van der Waals surface area contributed by atoms with Crippen LogP contribution in [-0.2, 0) is 20.9 Å². The fraction of sp³-hybridized carbons (Fsp3) is 0.500. The Balaban J connectivity index is 1.90. The molecule has 1 N–H and O–H groups in total. The number of carbonyl (C=O) groups excluding carboxylic acids is 2. The van der Waals surface area contributed by atoms with Crippen LogP contribution >= 0.6 is 0 Å². The highest BCUT2D eigenvalue weighted by Gasteiger charge is 2.34. The quantitative estimate of drug-likeness (QED) is 0.386. The summed E-state index contributed by atoms with van der Waals surface area (Å²) in [5, 5.41) is 6.42. The third-order valence-electron chi connectivity index (χ3n) is 3.97. The van der Waals surface area contributed by atoms with Crippen molar-refractivity contribution in [1.82, 2.24) is 5.32 Å². The van der Waals surface area contributed by atoms with Crippen molar-refractivity contribution in [2.45, 2.75) is 38.0 Å². The molecule has 0 saturated heterocycles. The van der Waals surface area contributed by atoms with Gasteiger partial charge in [-0.1, -0.05) is 35.4 Å². The lowest BCUT2D eigenvalue weighted by Crippen LogP contribution is -2.44. The number of nitrogens with one attached hydrogen (secondary N) is 1. The SMILES string of the molecule is COC(=O)[C@H]1CC(N=[N+]=[N-])C[C@@H](NC(=O)OCc2ccccc2)C1. The Morgan fingerprint density at radius 2 is 2.04 bits per heavy atom. The van der Waals surface area contributed by atoms with Crippen LogP contribution in [0.4, 0.5) is 4.79 Å². The molecule has 0 aromatic heterocycles. The molecule has 128 valence electrons. The minimum atomic E-state index is -0.561. The Kier molecular flexibility index (Phi) is 6.45. The zero-order chi connectivity index (χ0) is 17.4. The van der Waals surface area contributed by atoms with Gasteiger partial charge in [0.15, 0.2) is 0 Å². The van der Waals surface area contributed by atoms with Crippen LogP contribution in [0.1, 0.15) is 24.8 Å². The van der Waals surface area contributed by atoms with E-state index in [2.05, 4.69) is 15.3 Å². The van der Waals surface area contributed by atoms with Crippen molar-refractivity contribution in [2.75, 3.05) is 7.11 Å². The zero-order valence-electron chi connectivity index (χ0n) is 13.4. The summed E-state index contributed by atoms with van der Waals surface area (Å²) in [4.78, 5) is 26.5. The lowest BCUT2D eigenvalue weighted by molar-refractivity contribution is -0.147. The molecule has 1 amide bonds. The van der Waals surface area contributed by atoms with E-state index >= 15 is 0 Å². The van der Waals surface area contributed by atoms with Gasteiger partial charge in [-0.05, 0) is 30.4 Å². The first-order valence-electron chi connectivity index (χ1n) is 7.71. The molecule has 0 radical (unpaired) electrons. The highest BCUT2D eigenvalue weighted by atomic mass is 16.5. The number of hydrogen-bond donors (Lipinski definition) is 1. The van der Waals surface area contributed by atoms with E-state index in [1.54, 1.807) is 0 Å². The summed E-state index contributed by atoms with van der Waals surface area (Å²) >= 11 is 0. The summed E-state index contributed by atoms with van der Waals surface area (Å²) in [6.45, 7) is 0.166. The Hall–Kier alpha value is -2.73. The lowest BCUT2D eigenvalue weighted by Gasteiger charge is -2.31. The minimum absolute atomic E-state index is 0.166. The van der Waals surface area contributed by atoms with Gasteiger partial charge in [-0.15, -0.1) is 0 Å². The van der Waals surface area contributed by atoms with E-state index in [0.29, 0.717) is 19.3 Å². The van der Waals surface area contributed by atoms with E-state index in [9.17, 15) is 9.59 Å². The van der Waals surface area contributed by atoms with Crippen molar-refractivity contribution < 1.29 is 19.1 Å². The molecule has 0 bridgehead atoms. The van der Waals surface area contributed by atoms with Crippen LogP contribution in [0.15, 0.2) is 35.4 Å². The molecule has 1 fully saturated rings. The molecule has 2 rings (SSSR count). The number of nitrogens with zero attached hydrogens (tertiary/aromatic N) is 3. The topological polar surface area (TPSA) is 113 Å². The number of methoxy groups -OCH3 is 1. The van der Waals surface area contributed by atoms with Crippen molar-refractivity contribution in [3.63, 3.8) is 0 Å². The van der Waals surface area contributed by atoms with Crippen LogP contribution in [0.2, 0.25) is 0 Å². The van der Waals surface area contributed by atoms with Crippen LogP contribution in [0.3, 0.4) is 0 Å². The lowest BCUT2D eigenvalue weighted by atomic mass is 9.83. The number of azide groups is 1. The maximum absolute atomic E-state index is 11.9. The molecule has 1 saturated carbocycles. The third-order valence-corrected chi connectivity index (χ3v) is 3.97. The van der Waals surface area contributed by atoms with Gasteiger partial charge in [-0.3, -0.25) is 4.79 Å². The summed E-state index contributed by atoms with van der Waals surface area (Å²) in [6, 6.07) is 8.67. The molecule has 1 unspecified atom stereocenters. The van der Waals surface area contributed by atoms with Gasteiger partial charge in [0, 0.05) is 17.0 Å². The van der Waals surface area contributed by atoms with Gasteiger partial charge >= 0.3 is 12.1 Å². The number of benzene rings is 1. The van der Waals surface area contributed by atoms with Crippen molar-refractivity contribution in [3.05, 3.63) is 46.3 Å². The maximum atomic E-state index is 11.9. The van der Waals surface area contributed by atoms with E-state index in [4.69, 9.17) is 15.0 Å². The van der Waals surface area contributed by atoms with Gasteiger partial charge in [-0.25, -0.2) is 4.79 Å². The van der Waals surface area contributed by atoms with Crippen LogP contribution in [0.5, 0.6) is 0 Å². The number of hydrogen-bond acceptors (Lipinski definition) is 5. The molecular formula is C16H20N4O4. The standard InChI is InChI=1S/C16H20N4O4/c1-23-15(21)12-7-13(9-14(8-12)19-20-17)18-16(22)24-10-11-5-3-2-4-6-11/h2-6,12-14H,7-10H2,1H3,(H,18,22)/t12-,13+,14?/m1/s1. The molecule has 8 nitrogen and oxygen atoms in total. The fourth-order valence-electron chi connectivity index (χ4n) is 2.86. The molecule has 3 atom stereocenters. The Bertz CT molecular complexity index is 616. The molecule has 0 aliphatic heterocycles. The summed E-state index contributed by atoms with van der Waals surface area (Å²) < 4.78 is 9.94. The number of esters is 1. The molecule has 1 aliphatic carbocycles. The Morgan fingerprint density at radius 3 is 2.71 bits per heavy atom. The van der Waals surface area contributed by atoms with Gasteiger partial charge in [0.05, 0.1) is 13.0 Å². The Labute approximate surface area is 139 Å². The molecule has 8 heteroatoms. The summed E-state index contributed by atoms with van der Waals surface area (Å²) in [5.41, 5.74) is 9.49. The largest absolute Gasteiger partial charge is 0.469 e. The highest BCUT2D eigenvalue weighted by molar-refractivity contribution is 5.73. The summed E-state index contributed by atoms with van der Waals surface area (Å²) in [6.07, 6.45) is 0.769. The van der Waals surface area contributed by atoms with Crippen molar-refractivity contribution in [1.29, 1.82) is 0 Å². The number of amides is 1. The number of ether oxygens (including phenoxy) is 2. The van der Waals surface area contributed by atoms with Gasteiger partial charge < -0.3 is 14.8 Å². The van der Waals surface area contributed by atoms with Crippen molar-refractivity contribution in [3.8, 4) is 0 Å².